The number of hydrogen-bond donors (Lipinski definition) is 1. The van der Waals surface area contributed by atoms with Crippen LogP contribution in [0.25, 0.3) is 0 Å². The Bertz CT molecular complexity index is 294. The first-order valence-corrected chi connectivity index (χ1v) is 4.07. The van der Waals surface area contributed by atoms with Gasteiger partial charge in [0.2, 0.25) is 0 Å². The Labute approximate surface area is 70.8 Å². The molecule has 1 fully saturated rings. The molecule has 12 heavy (non-hydrogen) atoms. The quantitative estimate of drug-likeness (QED) is 0.684. The van der Waals surface area contributed by atoms with Gasteiger partial charge in [0.15, 0.2) is 6.29 Å². The van der Waals surface area contributed by atoms with E-state index < -0.39 is 0 Å². The molecule has 0 aliphatic heterocycles. The van der Waals surface area contributed by atoms with E-state index in [9.17, 15) is 4.79 Å². The van der Waals surface area contributed by atoms with Gasteiger partial charge in [-0.2, -0.15) is 0 Å². The second-order valence-corrected chi connectivity index (χ2v) is 2.98. The average molecular weight is 162 g/mol. The molecule has 1 aromatic rings. The number of rotatable bonds is 3. The van der Waals surface area contributed by atoms with E-state index in [4.69, 9.17) is 0 Å². The Balaban J connectivity index is 2.20. The summed E-state index contributed by atoms with van der Waals surface area (Å²) in [6, 6.07) is 4.07. The minimum atomic E-state index is 0.540. The largest absolute Gasteiger partial charge is 0.367 e. The molecule has 0 unspecified atom stereocenters. The number of carbonyl (C=O) groups excluding carboxylic acids is 1. The van der Waals surface area contributed by atoms with E-state index in [1.165, 1.54) is 12.8 Å². The van der Waals surface area contributed by atoms with E-state index in [1.807, 2.05) is 0 Å². The Morgan fingerprint density at radius 3 is 3.08 bits per heavy atom. The van der Waals surface area contributed by atoms with Crippen LogP contribution in [0.3, 0.4) is 0 Å². The van der Waals surface area contributed by atoms with Crippen LogP contribution in [0.2, 0.25) is 0 Å². The van der Waals surface area contributed by atoms with E-state index in [0.29, 0.717) is 11.6 Å². The minimum Gasteiger partial charge on any atom is -0.367 e. The van der Waals surface area contributed by atoms with Crippen LogP contribution in [-0.2, 0) is 0 Å². The number of carbonyl (C=O) groups is 1. The molecular formula is C9H10N2O. The molecule has 0 aromatic carbocycles. The normalized spacial score (nSPS) is 15.7. The molecule has 62 valence electrons. The fraction of sp³-hybridized carbons (Fsp3) is 0.333. The van der Waals surface area contributed by atoms with Crippen LogP contribution >= 0.6 is 0 Å². The molecule has 1 heterocycles. The van der Waals surface area contributed by atoms with Crippen molar-refractivity contribution in [2.75, 3.05) is 5.32 Å². The number of aromatic nitrogens is 1. The molecule has 0 amide bonds. The molecule has 0 bridgehead atoms. The van der Waals surface area contributed by atoms with Gasteiger partial charge in [-0.05, 0) is 25.0 Å². The minimum absolute atomic E-state index is 0.540. The third-order valence-corrected chi connectivity index (χ3v) is 1.88. The third-order valence-electron chi connectivity index (χ3n) is 1.88. The van der Waals surface area contributed by atoms with Gasteiger partial charge >= 0.3 is 0 Å². The first kappa shape index (κ1) is 7.28. The molecule has 3 nitrogen and oxygen atoms in total. The van der Waals surface area contributed by atoms with Gasteiger partial charge in [-0.3, -0.25) is 4.79 Å². The van der Waals surface area contributed by atoms with Gasteiger partial charge in [0, 0.05) is 12.2 Å². The summed E-state index contributed by atoms with van der Waals surface area (Å²) in [5.41, 5.74) is 0.643. The van der Waals surface area contributed by atoms with Crippen LogP contribution < -0.4 is 5.32 Å². The topological polar surface area (TPSA) is 42.0 Å². The van der Waals surface area contributed by atoms with Gasteiger partial charge < -0.3 is 5.32 Å². The maximum absolute atomic E-state index is 10.5. The van der Waals surface area contributed by atoms with Crippen molar-refractivity contribution >= 4 is 12.1 Å². The van der Waals surface area contributed by atoms with Gasteiger partial charge in [-0.25, -0.2) is 4.98 Å². The summed E-state index contributed by atoms with van der Waals surface area (Å²) >= 11 is 0. The summed E-state index contributed by atoms with van der Waals surface area (Å²) in [5.74, 6) is 0.718. The maximum Gasteiger partial charge on any atom is 0.153 e. The van der Waals surface area contributed by atoms with Crippen LogP contribution in [0.4, 0.5) is 5.82 Å². The second kappa shape index (κ2) is 2.93. The van der Waals surface area contributed by atoms with E-state index in [-0.39, 0.29) is 0 Å². The third kappa shape index (κ3) is 1.44. The molecule has 1 aromatic heterocycles. The zero-order valence-electron chi connectivity index (χ0n) is 6.66. The van der Waals surface area contributed by atoms with E-state index in [0.717, 1.165) is 12.1 Å². The van der Waals surface area contributed by atoms with Crippen molar-refractivity contribution in [2.24, 2.45) is 0 Å². The number of hydrogen-bond acceptors (Lipinski definition) is 3. The Morgan fingerprint density at radius 2 is 2.42 bits per heavy atom. The first-order valence-electron chi connectivity index (χ1n) is 4.07. The molecule has 1 N–H and O–H groups in total. The smallest absolute Gasteiger partial charge is 0.153 e. The van der Waals surface area contributed by atoms with Crippen LogP contribution in [0, 0.1) is 0 Å². The fourth-order valence-electron chi connectivity index (χ4n) is 1.05. The predicted molar refractivity (Wildman–Crippen MR) is 46.3 cm³/mol. The highest BCUT2D eigenvalue weighted by molar-refractivity contribution is 5.82. The van der Waals surface area contributed by atoms with Crippen molar-refractivity contribution in [3.63, 3.8) is 0 Å². The lowest BCUT2D eigenvalue weighted by Gasteiger charge is -2.04. The van der Waals surface area contributed by atoms with E-state index in [2.05, 4.69) is 10.3 Å². The zero-order valence-corrected chi connectivity index (χ0v) is 6.66. The number of pyridine rings is 1. The number of nitrogens with one attached hydrogen (secondary N) is 1. The predicted octanol–water partition coefficient (Wildman–Crippen LogP) is 1.47. The van der Waals surface area contributed by atoms with Gasteiger partial charge in [-0.15, -0.1) is 0 Å². The lowest BCUT2D eigenvalue weighted by Crippen LogP contribution is -2.05. The highest BCUT2D eigenvalue weighted by atomic mass is 16.1. The fourth-order valence-corrected chi connectivity index (χ4v) is 1.05. The van der Waals surface area contributed by atoms with Crippen molar-refractivity contribution in [1.82, 2.24) is 4.98 Å². The molecule has 2 rings (SSSR count). The molecule has 0 atom stereocenters. The number of anilines is 1. The molecule has 0 spiro atoms. The molecular weight excluding hydrogens is 152 g/mol. The van der Waals surface area contributed by atoms with Crippen molar-refractivity contribution in [3.05, 3.63) is 23.9 Å². The Hall–Kier alpha value is -1.38. The Kier molecular flexibility index (Phi) is 1.78. The first-order chi connectivity index (χ1) is 5.90. The monoisotopic (exact) mass is 162 g/mol. The van der Waals surface area contributed by atoms with Crippen LogP contribution in [-0.4, -0.2) is 17.3 Å². The lowest BCUT2D eigenvalue weighted by molar-refractivity contribution is 0.112. The van der Waals surface area contributed by atoms with Crippen LogP contribution in [0.15, 0.2) is 18.3 Å². The standard InChI is InChI=1S/C9H10N2O/c12-6-7-2-1-5-10-9(7)11-8-3-4-8/h1-2,5-6,8H,3-4H2,(H,10,11). The summed E-state index contributed by atoms with van der Waals surface area (Å²) in [6.07, 6.45) is 4.90. The van der Waals surface area contributed by atoms with E-state index in [1.54, 1.807) is 18.3 Å². The highest BCUT2D eigenvalue weighted by Gasteiger charge is 2.22. The number of nitrogens with zero attached hydrogens (tertiary/aromatic N) is 1. The van der Waals surface area contributed by atoms with Gasteiger partial charge in [-0.1, -0.05) is 0 Å². The molecule has 0 radical (unpaired) electrons. The summed E-state index contributed by atoms with van der Waals surface area (Å²) in [4.78, 5) is 14.6. The van der Waals surface area contributed by atoms with Gasteiger partial charge in [0.1, 0.15) is 5.82 Å². The van der Waals surface area contributed by atoms with E-state index >= 15 is 0 Å². The summed E-state index contributed by atoms with van der Waals surface area (Å²) in [5, 5.41) is 3.19. The highest BCUT2D eigenvalue weighted by Crippen LogP contribution is 2.24. The molecule has 1 aliphatic carbocycles. The number of aldehydes is 1. The zero-order chi connectivity index (χ0) is 8.39. The van der Waals surface area contributed by atoms with Gasteiger partial charge in [0.05, 0.1) is 5.56 Å². The summed E-state index contributed by atoms with van der Waals surface area (Å²) in [6.45, 7) is 0. The molecule has 0 saturated heterocycles. The summed E-state index contributed by atoms with van der Waals surface area (Å²) in [7, 11) is 0. The van der Waals surface area contributed by atoms with Crippen molar-refractivity contribution in [2.45, 2.75) is 18.9 Å². The average Bonchev–Trinajstić information content (AvgIpc) is 2.89. The van der Waals surface area contributed by atoms with Crippen molar-refractivity contribution < 1.29 is 4.79 Å². The lowest BCUT2D eigenvalue weighted by atomic mass is 10.3. The molecule has 3 heteroatoms. The summed E-state index contributed by atoms with van der Waals surface area (Å²) < 4.78 is 0. The van der Waals surface area contributed by atoms with Crippen molar-refractivity contribution in [1.29, 1.82) is 0 Å². The molecule has 1 aliphatic rings. The van der Waals surface area contributed by atoms with Crippen LogP contribution in [0.5, 0.6) is 0 Å². The van der Waals surface area contributed by atoms with Gasteiger partial charge in [0.25, 0.3) is 0 Å². The van der Waals surface area contributed by atoms with Crippen LogP contribution in [0.1, 0.15) is 23.2 Å². The SMILES string of the molecule is O=Cc1cccnc1NC1CC1. The molecule has 1 saturated carbocycles. The second-order valence-electron chi connectivity index (χ2n) is 2.98. The van der Waals surface area contributed by atoms with Crippen molar-refractivity contribution in [3.8, 4) is 0 Å². The Morgan fingerprint density at radius 1 is 1.58 bits per heavy atom. The maximum atomic E-state index is 10.5.